The second-order valence-electron chi connectivity index (χ2n) is 12.0. The van der Waals surface area contributed by atoms with Crippen molar-refractivity contribution in [2.45, 2.75) is 4.90 Å². The van der Waals surface area contributed by atoms with Crippen molar-refractivity contribution in [3.05, 3.63) is 221 Å². The summed E-state index contributed by atoms with van der Waals surface area (Å²) in [5.41, 5.74) is 10.9. The fourth-order valence-corrected chi connectivity index (χ4v) is 6.33. The van der Waals surface area contributed by atoms with Gasteiger partial charge in [-0.3, -0.25) is 4.55 Å². The SMILES string of the molecule is C(=Cc1ccc(-c2ccc(C=Cc3ccccc3)cc2)cc1)c1ccccc1.O=S(=O)(O)c1ccccc1C=Cc1ccccc1-c1ccccc1. The van der Waals surface area contributed by atoms with Gasteiger partial charge in [-0.25, -0.2) is 0 Å². The van der Waals surface area contributed by atoms with Crippen molar-refractivity contribution in [3.63, 3.8) is 0 Å². The van der Waals surface area contributed by atoms with Gasteiger partial charge in [0.25, 0.3) is 10.1 Å². The van der Waals surface area contributed by atoms with Gasteiger partial charge in [-0.15, -0.1) is 0 Å². The van der Waals surface area contributed by atoms with Crippen LogP contribution in [0.5, 0.6) is 0 Å². The minimum absolute atomic E-state index is 0.0987. The number of rotatable bonds is 9. The highest BCUT2D eigenvalue weighted by atomic mass is 32.2. The molecule has 0 atom stereocenters. The molecule has 0 aromatic heterocycles. The van der Waals surface area contributed by atoms with E-state index in [4.69, 9.17) is 0 Å². The molecule has 7 aromatic rings. The minimum Gasteiger partial charge on any atom is -0.282 e. The van der Waals surface area contributed by atoms with Crippen LogP contribution >= 0.6 is 0 Å². The smallest absolute Gasteiger partial charge is 0.282 e. The third-order valence-corrected chi connectivity index (χ3v) is 9.30. The Bertz CT molecular complexity index is 2290. The van der Waals surface area contributed by atoms with Crippen molar-refractivity contribution in [1.82, 2.24) is 0 Å². The molecule has 7 rings (SSSR count). The Morgan fingerprint density at radius 1 is 0.327 bits per heavy atom. The molecule has 52 heavy (non-hydrogen) atoms. The fraction of sp³-hybridized carbons (Fsp3) is 0. The van der Waals surface area contributed by atoms with E-state index in [0.29, 0.717) is 5.56 Å². The first-order chi connectivity index (χ1) is 25.4. The third kappa shape index (κ3) is 10.1. The van der Waals surface area contributed by atoms with Gasteiger partial charge in [0.05, 0.1) is 0 Å². The molecule has 254 valence electrons. The molecule has 0 saturated heterocycles. The molecular weight excluding hydrogens is 657 g/mol. The van der Waals surface area contributed by atoms with Crippen molar-refractivity contribution < 1.29 is 13.0 Å². The maximum absolute atomic E-state index is 11.5. The van der Waals surface area contributed by atoms with Crippen LogP contribution in [0.1, 0.15) is 33.4 Å². The zero-order chi connectivity index (χ0) is 36.0. The van der Waals surface area contributed by atoms with Crippen LogP contribution in [0.15, 0.2) is 193 Å². The molecule has 3 nitrogen and oxygen atoms in total. The first-order valence-corrected chi connectivity index (χ1v) is 18.4. The zero-order valence-electron chi connectivity index (χ0n) is 28.5. The Morgan fingerprint density at radius 2 is 0.692 bits per heavy atom. The lowest BCUT2D eigenvalue weighted by molar-refractivity contribution is 0.483. The average molecular weight is 695 g/mol. The number of hydrogen-bond acceptors (Lipinski definition) is 2. The molecule has 0 unspecified atom stereocenters. The second kappa shape index (κ2) is 17.6. The molecule has 1 N–H and O–H groups in total. The Balaban J connectivity index is 0.000000181. The van der Waals surface area contributed by atoms with E-state index in [9.17, 15) is 13.0 Å². The van der Waals surface area contributed by atoms with E-state index >= 15 is 0 Å². The van der Waals surface area contributed by atoms with Gasteiger partial charge in [-0.1, -0.05) is 218 Å². The van der Waals surface area contributed by atoms with Gasteiger partial charge in [0.15, 0.2) is 0 Å². The maximum atomic E-state index is 11.5. The molecule has 0 saturated carbocycles. The highest BCUT2D eigenvalue weighted by Crippen LogP contribution is 2.26. The van der Waals surface area contributed by atoms with E-state index in [2.05, 4.69) is 121 Å². The predicted octanol–water partition coefficient (Wildman–Crippen LogP) is 12.5. The van der Waals surface area contributed by atoms with Crippen LogP contribution in [0.4, 0.5) is 0 Å². The number of hydrogen-bond donors (Lipinski definition) is 1. The van der Waals surface area contributed by atoms with Crippen molar-refractivity contribution >= 4 is 46.6 Å². The molecule has 0 radical (unpaired) electrons. The lowest BCUT2D eigenvalue weighted by Crippen LogP contribution is -2.00. The summed E-state index contributed by atoms with van der Waals surface area (Å²) in [6.45, 7) is 0. The van der Waals surface area contributed by atoms with E-state index in [1.54, 1.807) is 24.3 Å². The molecule has 0 bridgehead atoms. The highest BCUT2D eigenvalue weighted by molar-refractivity contribution is 7.85. The topological polar surface area (TPSA) is 54.4 Å². The minimum atomic E-state index is -4.25. The van der Waals surface area contributed by atoms with Gasteiger partial charge in [0, 0.05) is 0 Å². The fourth-order valence-electron chi connectivity index (χ4n) is 5.64. The van der Waals surface area contributed by atoms with E-state index in [-0.39, 0.29) is 4.90 Å². The summed E-state index contributed by atoms with van der Waals surface area (Å²) < 4.78 is 32.3. The summed E-state index contributed by atoms with van der Waals surface area (Å²) in [4.78, 5) is -0.0987. The molecule has 0 aliphatic carbocycles. The summed E-state index contributed by atoms with van der Waals surface area (Å²) in [5.74, 6) is 0. The highest BCUT2D eigenvalue weighted by Gasteiger charge is 2.12. The van der Waals surface area contributed by atoms with Crippen LogP contribution in [0.2, 0.25) is 0 Å². The molecular formula is C48H38O3S. The first kappa shape index (κ1) is 35.5. The van der Waals surface area contributed by atoms with Crippen LogP contribution in [-0.2, 0) is 10.1 Å². The maximum Gasteiger partial charge on any atom is 0.295 e. The van der Waals surface area contributed by atoms with E-state index in [1.165, 1.54) is 39.4 Å². The van der Waals surface area contributed by atoms with Gasteiger partial charge in [-0.2, -0.15) is 8.42 Å². The van der Waals surface area contributed by atoms with Crippen molar-refractivity contribution in [2.75, 3.05) is 0 Å². The third-order valence-electron chi connectivity index (χ3n) is 8.38. The van der Waals surface area contributed by atoms with Crippen LogP contribution in [-0.4, -0.2) is 13.0 Å². The van der Waals surface area contributed by atoms with Gasteiger partial charge < -0.3 is 0 Å². The lowest BCUT2D eigenvalue weighted by Gasteiger charge is -2.07. The van der Waals surface area contributed by atoms with Crippen molar-refractivity contribution in [3.8, 4) is 22.3 Å². The van der Waals surface area contributed by atoms with Gasteiger partial charge >= 0.3 is 0 Å². The molecule has 0 heterocycles. The lowest BCUT2D eigenvalue weighted by atomic mass is 9.99. The Kier molecular flexibility index (Phi) is 12.0. The summed E-state index contributed by atoms with van der Waals surface area (Å²) in [6.07, 6.45) is 12.1. The predicted molar refractivity (Wildman–Crippen MR) is 220 cm³/mol. The van der Waals surface area contributed by atoms with E-state index in [0.717, 1.165) is 16.7 Å². The molecule has 0 fully saturated rings. The second-order valence-corrected chi connectivity index (χ2v) is 13.4. The number of benzene rings is 7. The standard InChI is InChI=1S/C28H22.C20H16O3S/c1-3-7-23(8-4-1)11-13-25-15-19-27(20-16-25)28-21-17-26(18-22-28)14-12-24-9-5-2-6-10-24;21-24(22,23)20-13-7-5-11-18(20)15-14-17-10-4-6-12-19(17)16-8-2-1-3-9-16/h1-22H;1-15H,(H,21,22,23). The van der Waals surface area contributed by atoms with Gasteiger partial charge in [-0.05, 0) is 61.7 Å². The van der Waals surface area contributed by atoms with E-state index < -0.39 is 10.1 Å². The van der Waals surface area contributed by atoms with E-state index in [1.807, 2.05) is 72.8 Å². The average Bonchev–Trinajstić information content (AvgIpc) is 3.20. The van der Waals surface area contributed by atoms with Gasteiger partial charge in [0.2, 0.25) is 0 Å². The normalized spacial score (nSPS) is 11.5. The summed E-state index contributed by atoms with van der Waals surface area (Å²) in [6, 6.07) is 62.3. The Labute approximate surface area is 307 Å². The molecule has 0 aliphatic rings. The molecule has 0 amide bonds. The van der Waals surface area contributed by atoms with Gasteiger partial charge in [0.1, 0.15) is 4.90 Å². The zero-order valence-corrected chi connectivity index (χ0v) is 29.4. The Hall–Kier alpha value is -6.33. The van der Waals surface area contributed by atoms with Crippen molar-refractivity contribution in [2.24, 2.45) is 0 Å². The largest absolute Gasteiger partial charge is 0.295 e. The summed E-state index contributed by atoms with van der Waals surface area (Å²) in [7, 11) is -4.25. The van der Waals surface area contributed by atoms with Crippen LogP contribution in [0.3, 0.4) is 0 Å². The molecule has 7 aromatic carbocycles. The molecule has 4 heteroatoms. The monoisotopic (exact) mass is 694 g/mol. The summed E-state index contributed by atoms with van der Waals surface area (Å²) >= 11 is 0. The van der Waals surface area contributed by atoms with Crippen LogP contribution in [0.25, 0.3) is 58.7 Å². The van der Waals surface area contributed by atoms with Crippen LogP contribution < -0.4 is 0 Å². The van der Waals surface area contributed by atoms with Crippen molar-refractivity contribution in [1.29, 1.82) is 0 Å². The summed E-state index contributed by atoms with van der Waals surface area (Å²) in [5, 5.41) is 0. The Morgan fingerprint density at radius 3 is 1.17 bits per heavy atom. The first-order valence-electron chi connectivity index (χ1n) is 17.0. The quantitative estimate of drug-likeness (QED) is 0.121. The molecule has 0 spiro atoms. The van der Waals surface area contributed by atoms with Crippen LogP contribution in [0, 0.1) is 0 Å². The molecule has 0 aliphatic heterocycles.